The van der Waals surface area contributed by atoms with Crippen molar-refractivity contribution in [2.45, 2.75) is 13.0 Å². The molecule has 0 fully saturated rings. The molecule has 0 aliphatic heterocycles. The summed E-state index contributed by atoms with van der Waals surface area (Å²) in [6.45, 7) is 0.112. The highest BCUT2D eigenvalue weighted by atomic mass is 35.5. The molecular formula is C23H20ClFN6O3. The van der Waals surface area contributed by atoms with Gasteiger partial charge >= 0.3 is 0 Å². The van der Waals surface area contributed by atoms with Gasteiger partial charge < -0.3 is 15.4 Å². The summed E-state index contributed by atoms with van der Waals surface area (Å²) in [4.78, 5) is 33.7. The van der Waals surface area contributed by atoms with Crippen LogP contribution in [0.15, 0.2) is 48.8 Å². The van der Waals surface area contributed by atoms with Crippen molar-refractivity contribution >= 4 is 40.3 Å². The minimum atomic E-state index is -0.538. The Bertz CT molecular complexity index is 1390. The van der Waals surface area contributed by atoms with Crippen LogP contribution >= 0.6 is 11.6 Å². The zero-order valence-corrected chi connectivity index (χ0v) is 19.1. The normalized spacial score (nSPS) is 10.8. The number of carbonyl (C=O) groups excluding carboxylic acids is 2. The van der Waals surface area contributed by atoms with Gasteiger partial charge in [-0.3, -0.25) is 9.59 Å². The Kier molecular flexibility index (Phi) is 6.69. The summed E-state index contributed by atoms with van der Waals surface area (Å²) in [5.41, 5.74) is 2.00. The Morgan fingerprint density at radius 1 is 1.12 bits per heavy atom. The fourth-order valence-electron chi connectivity index (χ4n) is 3.37. The average molecular weight is 483 g/mol. The second kappa shape index (κ2) is 9.84. The predicted octanol–water partition coefficient (Wildman–Crippen LogP) is 3.28. The van der Waals surface area contributed by atoms with Crippen LogP contribution in [0.5, 0.6) is 5.75 Å². The third-order valence-electron chi connectivity index (χ3n) is 5.03. The summed E-state index contributed by atoms with van der Waals surface area (Å²) in [5.74, 6) is -0.327. The number of amides is 2. The Hall–Kier alpha value is -4.05. The molecule has 2 aromatic heterocycles. The number of aromatic nitrogens is 4. The minimum Gasteiger partial charge on any atom is -0.497 e. The van der Waals surface area contributed by atoms with Crippen molar-refractivity contribution in [2.24, 2.45) is 7.05 Å². The van der Waals surface area contributed by atoms with E-state index in [1.807, 2.05) is 6.07 Å². The van der Waals surface area contributed by atoms with E-state index in [-0.39, 0.29) is 35.1 Å². The van der Waals surface area contributed by atoms with Crippen LogP contribution < -0.4 is 15.4 Å². The molecule has 0 aliphatic carbocycles. The quantitative estimate of drug-likeness (QED) is 0.418. The highest BCUT2D eigenvalue weighted by Crippen LogP contribution is 2.23. The first-order valence-electron chi connectivity index (χ1n) is 10.2. The molecule has 2 aromatic carbocycles. The first-order chi connectivity index (χ1) is 16.4. The lowest BCUT2D eigenvalue weighted by atomic mass is 10.1. The third-order valence-corrected chi connectivity index (χ3v) is 5.32. The molecule has 0 bridgehead atoms. The van der Waals surface area contributed by atoms with E-state index in [0.29, 0.717) is 22.6 Å². The van der Waals surface area contributed by atoms with E-state index in [4.69, 9.17) is 16.3 Å². The van der Waals surface area contributed by atoms with E-state index in [9.17, 15) is 14.0 Å². The number of rotatable bonds is 7. The van der Waals surface area contributed by atoms with Crippen LogP contribution in [-0.2, 0) is 24.8 Å². The number of hydrogen-bond donors (Lipinski definition) is 2. The van der Waals surface area contributed by atoms with Gasteiger partial charge in [-0.25, -0.2) is 19.0 Å². The first kappa shape index (κ1) is 23.1. The topological polar surface area (TPSA) is 111 Å². The predicted molar refractivity (Wildman–Crippen MR) is 124 cm³/mol. The lowest BCUT2D eigenvalue weighted by Gasteiger charge is -2.07. The van der Waals surface area contributed by atoms with Crippen molar-refractivity contribution < 1.29 is 18.7 Å². The van der Waals surface area contributed by atoms with Crippen LogP contribution in [0.1, 0.15) is 21.6 Å². The molecule has 0 radical (unpaired) electrons. The van der Waals surface area contributed by atoms with Gasteiger partial charge in [0.2, 0.25) is 5.91 Å². The molecule has 0 unspecified atom stereocenters. The first-order valence-corrected chi connectivity index (χ1v) is 10.6. The van der Waals surface area contributed by atoms with Gasteiger partial charge in [-0.2, -0.15) is 5.10 Å². The third kappa shape index (κ3) is 4.96. The number of halogens is 2. The standard InChI is InChI=1S/C23H20ClFN6O3/c1-31-22(29-18(32)10-13-4-3-5-15(8-13)34-2)20-19(30-31)21(28-12-27-20)23(33)26-11-14-6-7-17(25)16(24)9-14/h3-9,12H,10-11H2,1-2H3,(H,26,33)(H,29,32). The fourth-order valence-corrected chi connectivity index (χ4v) is 3.57. The fraction of sp³-hybridized carbons (Fsp3) is 0.174. The summed E-state index contributed by atoms with van der Waals surface area (Å²) in [5, 5.41) is 9.81. The van der Waals surface area contributed by atoms with Gasteiger partial charge in [0.05, 0.1) is 18.6 Å². The highest BCUT2D eigenvalue weighted by molar-refractivity contribution is 6.30. The van der Waals surface area contributed by atoms with E-state index in [1.165, 1.54) is 29.2 Å². The number of nitrogens with zero attached hydrogens (tertiary/aromatic N) is 4. The molecule has 0 atom stereocenters. The number of fused-ring (bicyclic) bond motifs is 1. The van der Waals surface area contributed by atoms with Crippen LogP contribution in [0.3, 0.4) is 0 Å². The number of benzene rings is 2. The lowest BCUT2D eigenvalue weighted by Crippen LogP contribution is -2.24. The van der Waals surface area contributed by atoms with Crippen molar-refractivity contribution in [3.8, 4) is 5.75 Å². The van der Waals surface area contributed by atoms with E-state index in [1.54, 1.807) is 32.4 Å². The van der Waals surface area contributed by atoms with E-state index in [0.717, 1.165) is 5.56 Å². The summed E-state index contributed by atoms with van der Waals surface area (Å²) in [6.07, 6.45) is 1.34. The number of aryl methyl sites for hydroxylation is 1. The van der Waals surface area contributed by atoms with Gasteiger partial charge in [0, 0.05) is 13.6 Å². The molecule has 0 spiro atoms. The Labute approximate surface area is 198 Å². The molecule has 11 heteroatoms. The lowest BCUT2D eigenvalue weighted by molar-refractivity contribution is -0.115. The smallest absolute Gasteiger partial charge is 0.272 e. The minimum absolute atomic E-state index is 0.0322. The number of ether oxygens (including phenoxy) is 1. The van der Waals surface area contributed by atoms with Gasteiger partial charge in [0.1, 0.15) is 28.9 Å². The van der Waals surface area contributed by atoms with Crippen molar-refractivity contribution in [3.05, 3.63) is 76.5 Å². The van der Waals surface area contributed by atoms with Gasteiger partial charge in [0.25, 0.3) is 5.91 Å². The largest absolute Gasteiger partial charge is 0.497 e. The number of carbonyl (C=O) groups is 2. The number of nitrogens with one attached hydrogen (secondary N) is 2. The maximum atomic E-state index is 13.3. The molecule has 4 aromatic rings. The van der Waals surface area contributed by atoms with Gasteiger partial charge in [-0.05, 0) is 35.4 Å². The summed E-state index contributed by atoms with van der Waals surface area (Å²) >= 11 is 5.79. The van der Waals surface area contributed by atoms with Gasteiger partial charge in [-0.15, -0.1) is 0 Å². The molecule has 2 N–H and O–H groups in total. The van der Waals surface area contributed by atoms with E-state index >= 15 is 0 Å². The van der Waals surface area contributed by atoms with Gasteiger partial charge in [-0.1, -0.05) is 29.8 Å². The molecule has 0 aliphatic rings. The van der Waals surface area contributed by atoms with Crippen LogP contribution in [0.25, 0.3) is 11.0 Å². The van der Waals surface area contributed by atoms with Crippen molar-refractivity contribution in [1.82, 2.24) is 25.1 Å². The SMILES string of the molecule is COc1cccc(CC(=O)Nc2c3ncnc(C(=O)NCc4ccc(F)c(Cl)c4)c3nn2C)c1. The monoisotopic (exact) mass is 482 g/mol. The Morgan fingerprint density at radius 3 is 2.71 bits per heavy atom. The number of methoxy groups -OCH3 is 1. The average Bonchev–Trinajstić information content (AvgIpc) is 3.14. The molecule has 34 heavy (non-hydrogen) atoms. The Balaban J connectivity index is 1.51. The van der Waals surface area contributed by atoms with Crippen LogP contribution in [0, 0.1) is 5.82 Å². The molecule has 9 nitrogen and oxygen atoms in total. The number of anilines is 1. The van der Waals surface area contributed by atoms with Gasteiger partial charge in [0.15, 0.2) is 11.5 Å². The summed E-state index contributed by atoms with van der Waals surface area (Å²) in [7, 11) is 3.19. The molecular weight excluding hydrogens is 463 g/mol. The summed E-state index contributed by atoms with van der Waals surface area (Å²) < 4.78 is 20.0. The molecule has 174 valence electrons. The Morgan fingerprint density at radius 2 is 1.94 bits per heavy atom. The van der Waals surface area contributed by atoms with Crippen LogP contribution in [0.4, 0.5) is 10.2 Å². The van der Waals surface area contributed by atoms with Crippen molar-refractivity contribution in [2.75, 3.05) is 12.4 Å². The molecule has 2 amide bonds. The van der Waals surface area contributed by atoms with Crippen LogP contribution in [-0.4, -0.2) is 38.7 Å². The zero-order chi connectivity index (χ0) is 24.2. The van der Waals surface area contributed by atoms with Crippen molar-refractivity contribution in [3.63, 3.8) is 0 Å². The molecule has 2 heterocycles. The number of hydrogen-bond acceptors (Lipinski definition) is 6. The summed E-state index contributed by atoms with van der Waals surface area (Å²) in [6, 6.07) is 11.4. The molecule has 0 saturated heterocycles. The second-order valence-corrected chi connectivity index (χ2v) is 7.81. The maximum Gasteiger partial charge on any atom is 0.272 e. The van der Waals surface area contributed by atoms with E-state index in [2.05, 4.69) is 25.7 Å². The molecule has 0 saturated carbocycles. The highest BCUT2D eigenvalue weighted by Gasteiger charge is 2.21. The van der Waals surface area contributed by atoms with E-state index < -0.39 is 11.7 Å². The second-order valence-electron chi connectivity index (χ2n) is 7.40. The van der Waals surface area contributed by atoms with Crippen molar-refractivity contribution in [1.29, 1.82) is 0 Å². The maximum absolute atomic E-state index is 13.3. The molecule has 4 rings (SSSR count). The zero-order valence-electron chi connectivity index (χ0n) is 18.3. The van der Waals surface area contributed by atoms with Crippen LogP contribution in [0.2, 0.25) is 5.02 Å².